The number of hydrogen-bond donors (Lipinski definition) is 0. The zero-order valence-electron chi connectivity index (χ0n) is 15.9. The van der Waals surface area contributed by atoms with E-state index >= 15 is 0 Å². The molecule has 0 unspecified atom stereocenters. The third-order valence-electron chi connectivity index (χ3n) is 4.99. The van der Waals surface area contributed by atoms with E-state index in [4.69, 9.17) is 9.84 Å². The Balaban J connectivity index is 1.52. The molecule has 0 N–H and O–H groups in total. The average molecular weight is 374 g/mol. The first-order valence-corrected chi connectivity index (χ1v) is 9.53. The summed E-state index contributed by atoms with van der Waals surface area (Å²) in [4.78, 5) is 6.79. The van der Waals surface area contributed by atoms with Gasteiger partial charge in [-0.25, -0.2) is 14.2 Å². The summed E-state index contributed by atoms with van der Waals surface area (Å²) in [6.07, 6.45) is 6.08. The number of benzene rings is 1. The van der Waals surface area contributed by atoms with Crippen LogP contribution in [0, 0.1) is 0 Å². The molecule has 0 radical (unpaired) electrons. The minimum Gasteiger partial charge on any atom is -0.372 e. The van der Waals surface area contributed by atoms with E-state index in [0.717, 1.165) is 41.5 Å². The number of imidazole rings is 1. The van der Waals surface area contributed by atoms with Crippen molar-refractivity contribution in [2.45, 2.75) is 26.1 Å². The Bertz CT molecular complexity index is 1090. The van der Waals surface area contributed by atoms with Crippen LogP contribution in [0.25, 0.3) is 22.6 Å². The molecule has 7 nitrogen and oxygen atoms in total. The lowest BCUT2D eigenvalue weighted by Crippen LogP contribution is -2.46. The molecule has 142 valence electrons. The monoisotopic (exact) mass is 374 g/mol. The quantitative estimate of drug-likeness (QED) is 0.551. The zero-order chi connectivity index (χ0) is 19.1. The van der Waals surface area contributed by atoms with Crippen molar-refractivity contribution in [3.05, 3.63) is 61.1 Å². The van der Waals surface area contributed by atoms with Crippen LogP contribution in [0.15, 0.2) is 61.1 Å². The first-order chi connectivity index (χ1) is 13.7. The highest BCUT2D eigenvalue weighted by Crippen LogP contribution is 2.24. The molecule has 1 aliphatic rings. The number of rotatable bonds is 3. The fourth-order valence-electron chi connectivity index (χ4n) is 3.77. The van der Waals surface area contributed by atoms with Crippen LogP contribution in [0.5, 0.6) is 0 Å². The maximum atomic E-state index is 5.85. The van der Waals surface area contributed by atoms with E-state index < -0.39 is 0 Å². The van der Waals surface area contributed by atoms with E-state index in [1.165, 1.54) is 0 Å². The number of morpholine rings is 1. The molecule has 3 aromatic heterocycles. The Morgan fingerprint density at radius 2 is 1.75 bits per heavy atom. The number of aromatic nitrogens is 5. The minimum atomic E-state index is 0.188. The van der Waals surface area contributed by atoms with E-state index in [2.05, 4.69) is 28.8 Å². The van der Waals surface area contributed by atoms with Gasteiger partial charge in [0.25, 0.3) is 0 Å². The van der Waals surface area contributed by atoms with E-state index in [1.807, 2.05) is 70.3 Å². The molecule has 1 aliphatic heterocycles. The summed E-state index contributed by atoms with van der Waals surface area (Å²) in [5, 5.41) is 9.38. The lowest BCUT2D eigenvalue weighted by atomic mass is 10.2. The lowest BCUT2D eigenvalue weighted by molar-refractivity contribution is -0.00551. The van der Waals surface area contributed by atoms with Crippen molar-refractivity contribution in [1.82, 2.24) is 24.4 Å². The molecule has 0 aliphatic carbocycles. The third kappa shape index (κ3) is 3.03. The van der Waals surface area contributed by atoms with Crippen molar-refractivity contribution in [2.75, 3.05) is 18.0 Å². The van der Waals surface area contributed by atoms with E-state index in [0.29, 0.717) is 0 Å². The van der Waals surface area contributed by atoms with E-state index in [-0.39, 0.29) is 12.2 Å². The number of ether oxygens (including phenoxy) is 1. The number of anilines is 1. The van der Waals surface area contributed by atoms with Gasteiger partial charge < -0.3 is 9.64 Å². The maximum absolute atomic E-state index is 5.85. The number of nitrogens with zero attached hydrogens (tertiary/aromatic N) is 6. The lowest BCUT2D eigenvalue weighted by Gasteiger charge is -2.35. The highest BCUT2D eigenvalue weighted by molar-refractivity contribution is 5.63. The highest BCUT2D eigenvalue weighted by atomic mass is 16.5. The molecule has 0 bridgehead atoms. The first-order valence-electron chi connectivity index (χ1n) is 9.53. The standard InChI is InChI=1S/C21H22N6O/c1-15-12-25(13-16(2)28-15)21-9-8-20-22-11-19(27(20)24-21)17-10-23-26(14-17)18-6-4-3-5-7-18/h3-11,14-16H,12-13H2,1-2H3/t15-,16+. The van der Waals surface area contributed by atoms with Gasteiger partial charge in [-0.3, -0.25) is 0 Å². The van der Waals surface area contributed by atoms with E-state index in [9.17, 15) is 0 Å². The average Bonchev–Trinajstić information content (AvgIpc) is 3.34. The van der Waals surface area contributed by atoms with Gasteiger partial charge in [0.05, 0.1) is 36.0 Å². The van der Waals surface area contributed by atoms with Crippen LogP contribution in [-0.4, -0.2) is 49.7 Å². The number of para-hydroxylation sites is 1. The molecule has 28 heavy (non-hydrogen) atoms. The fraction of sp³-hybridized carbons (Fsp3) is 0.286. The smallest absolute Gasteiger partial charge is 0.154 e. The van der Waals surface area contributed by atoms with Gasteiger partial charge in [-0.1, -0.05) is 18.2 Å². The third-order valence-corrected chi connectivity index (χ3v) is 4.99. The molecule has 4 aromatic rings. The van der Waals surface area contributed by atoms with Gasteiger partial charge in [0, 0.05) is 24.8 Å². The summed E-state index contributed by atoms with van der Waals surface area (Å²) < 4.78 is 9.61. The summed E-state index contributed by atoms with van der Waals surface area (Å²) in [6.45, 7) is 5.86. The molecule has 0 spiro atoms. The summed E-state index contributed by atoms with van der Waals surface area (Å²) in [5.74, 6) is 0.934. The molecule has 7 heteroatoms. The van der Waals surface area contributed by atoms with Crippen molar-refractivity contribution >= 4 is 11.5 Å². The van der Waals surface area contributed by atoms with Crippen LogP contribution in [0.3, 0.4) is 0 Å². The summed E-state index contributed by atoms with van der Waals surface area (Å²) in [5.41, 5.74) is 3.74. The minimum absolute atomic E-state index is 0.188. The molecule has 4 heterocycles. The zero-order valence-corrected chi connectivity index (χ0v) is 15.9. The summed E-state index contributed by atoms with van der Waals surface area (Å²) >= 11 is 0. The van der Waals surface area contributed by atoms with Crippen molar-refractivity contribution < 1.29 is 4.74 Å². The molecular weight excluding hydrogens is 352 g/mol. The van der Waals surface area contributed by atoms with E-state index in [1.54, 1.807) is 0 Å². The first kappa shape index (κ1) is 16.9. The topological polar surface area (TPSA) is 60.5 Å². The Hall–Kier alpha value is -3.19. The predicted octanol–water partition coefficient (Wildman–Crippen LogP) is 3.20. The molecule has 5 rings (SSSR count). The van der Waals surface area contributed by atoms with Gasteiger partial charge in [-0.2, -0.15) is 5.10 Å². The van der Waals surface area contributed by atoms with Gasteiger partial charge in [-0.05, 0) is 38.1 Å². The van der Waals surface area contributed by atoms with Crippen molar-refractivity contribution in [3.8, 4) is 16.9 Å². The summed E-state index contributed by atoms with van der Waals surface area (Å²) in [6, 6.07) is 14.1. The second-order valence-corrected chi connectivity index (χ2v) is 7.28. The van der Waals surface area contributed by atoms with Gasteiger partial charge in [-0.15, -0.1) is 5.10 Å². The largest absolute Gasteiger partial charge is 0.372 e. The Labute approximate surface area is 163 Å². The summed E-state index contributed by atoms with van der Waals surface area (Å²) in [7, 11) is 0. The maximum Gasteiger partial charge on any atom is 0.154 e. The molecule has 1 fully saturated rings. The molecule has 0 saturated carbocycles. The highest BCUT2D eigenvalue weighted by Gasteiger charge is 2.24. The molecule has 0 amide bonds. The van der Waals surface area contributed by atoms with Crippen LogP contribution in [0.4, 0.5) is 5.82 Å². The SMILES string of the molecule is C[C@@H]1CN(c2ccc3ncc(-c4cnn(-c5ccccc5)c4)n3n2)C[C@H](C)O1. The van der Waals surface area contributed by atoms with Crippen LogP contribution in [-0.2, 0) is 4.74 Å². The van der Waals surface area contributed by atoms with Crippen molar-refractivity contribution in [3.63, 3.8) is 0 Å². The number of fused-ring (bicyclic) bond motifs is 1. The van der Waals surface area contributed by atoms with Crippen LogP contribution < -0.4 is 4.90 Å². The van der Waals surface area contributed by atoms with Crippen molar-refractivity contribution in [2.24, 2.45) is 0 Å². The molecular formula is C21H22N6O. The predicted molar refractivity (Wildman–Crippen MR) is 108 cm³/mol. The second-order valence-electron chi connectivity index (χ2n) is 7.28. The second kappa shape index (κ2) is 6.76. The molecule has 2 atom stereocenters. The van der Waals surface area contributed by atoms with Crippen LogP contribution in [0.2, 0.25) is 0 Å². The van der Waals surface area contributed by atoms with Crippen LogP contribution >= 0.6 is 0 Å². The van der Waals surface area contributed by atoms with Gasteiger partial charge in [0.1, 0.15) is 5.82 Å². The Morgan fingerprint density at radius 3 is 2.54 bits per heavy atom. The van der Waals surface area contributed by atoms with Gasteiger partial charge >= 0.3 is 0 Å². The Morgan fingerprint density at radius 1 is 0.964 bits per heavy atom. The normalized spacial score (nSPS) is 20.0. The Kier molecular flexibility index (Phi) is 4.09. The fourth-order valence-corrected chi connectivity index (χ4v) is 3.77. The number of hydrogen-bond acceptors (Lipinski definition) is 5. The van der Waals surface area contributed by atoms with Crippen molar-refractivity contribution in [1.29, 1.82) is 0 Å². The molecule has 1 aromatic carbocycles. The van der Waals surface area contributed by atoms with Gasteiger partial charge in [0.15, 0.2) is 5.65 Å². The molecule has 1 saturated heterocycles. The van der Waals surface area contributed by atoms with Crippen LogP contribution in [0.1, 0.15) is 13.8 Å². The van der Waals surface area contributed by atoms with Gasteiger partial charge in [0.2, 0.25) is 0 Å².